The van der Waals surface area contributed by atoms with E-state index < -0.39 is 0 Å². The molecule has 0 bridgehead atoms. The van der Waals surface area contributed by atoms with Crippen LogP contribution in [0, 0.1) is 0 Å². The minimum atomic E-state index is -0.339. The Balaban J connectivity index is 1.31. The van der Waals surface area contributed by atoms with Crippen LogP contribution >= 0.6 is 0 Å². The molecule has 158 valence electrons. The van der Waals surface area contributed by atoms with Gasteiger partial charge in [-0.15, -0.1) is 0 Å². The second-order valence-electron chi connectivity index (χ2n) is 7.32. The lowest BCUT2D eigenvalue weighted by molar-refractivity contribution is 0.0746. The Kier molecular flexibility index (Phi) is 6.03. The molecule has 0 radical (unpaired) electrons. The molecule has 0 saturated carbocycles. The fourth-order valence-corrected chi connectivity index (χ4v) is 3.55. The van der Waals surface area contributed by atoms with Gasteiger partial charge in [0, 0.05) is 54.9 Å². The zero-order valence-corrected chi connectivity index (χ0v) is 17.0. The SMILES string of the molecule is O=C(Nc1ccccc1)Nc1ccc(C(=O)N2CCN(c3cccc(O)c3)CC2)cc1. The van der Waals surface area contributed by atoms with Gasteiger partial charge in [0.15, 0.2) is 0 Å². The first kappa shape index (κ1) is 20.3. The third-order valence-electron chi connectivity index (χ3n) is 5.18. The van der Waals surface area contributed by atoms with Crippen LogP contribution in [0.25, 0.3) is 0 Å². The molecule has 31 heavy (non-hydrogen) atoms. The number of nitrogens with one attached hydrogen (secondary N) is 2. The lowest BCUT2D eigenvalue weighted by atomic mass is 10.1. The number of nitrogens with zero attached hydrogens (tertiary/aromatic N) is 2. The fourth-order valence-electron chi connectivity index (χ4n) is 3.55. The molecule has 1 saturated heterocycles. The molecule has 1 fully saturated rings. The van der Waals surface area contributed by atoms with E-state index in [1.165, 1.54) is 0 Å². The summed E-state index contributed by atoms with van der Waals surface area (Å²) in [4.78, 5) is 28.9. The van der Waals surface area contributed by atoms with Gasteiger partial charge >= 0.3 is 6.03 Å². The Morgan fingerprint density at radius 2 is 1.39 bits per heavy atom. The summed E-state index contributed by atoms with van der Waals surface area (Å²) >= 11 is 0. The van der Waals surface area contributed by atoms with Crippen LogP contribution in [0.4, 0.5) is 21.9 Å². The molecule has 3 aromatic carbocycles. The molecular weight excluding hydrogens is 392 g/mol. The molecule has 0 aromatic heterocycles. The van der Waals surface area contributed by atoms with Gasteiger partial charge < -0.3 is 25.5 Å². The van der Waals surface area contributed by atoms with Crippen molar-refractivity contribution in [2.75, 3.05) is 41.7 Å². The van der Waals surface area contributed by atoms with Gasteiger partial charge in [0.2, 0.25) is 0 Å². The van der Waals surface area contributed by atoms with Gasteiger partial charge in [-0.25, -0.2) is 4.79 Å². The number of benzene rings is 3. The highest BCUT2D eigenvalue weighted by molar-refractivity contribution is 6.00. The first-order valence-electron chi connectivity index (χ1n) is 10.1. The number of urea groups is 1. The second kappa shape index (κ2) is 9.21. The molecule has 7 heteroatoms. The molecule has 0 atom stereocenters. The average Bonchev–Trinajstić information content (AvgIpc) is 2.80. The predicted molar refractivity (Wildman–Crippen MR) is 122 cm³/mol. The summed E-state index contributed by atoms with van der Waals surface area (Å²) in [6, 6.07) is 22.9. The summed E-state index contributed by atoms with van der Waals surface area (Å²) in [6.07, 6.45) is 0. The third kappa shape index (κ3) is 5.14. The van der Waals surface area contributed by atoms with E-state index in [4.69, 9.17) is 0 Å². The number of anilines is 3. The van der Waals surface area contributed by atoms with Gasteiger partial charge in [0.1, 0.15) is 5.75 Å². The van der Waals surface area contributed by atoms with Crippen LogP contribution in [0.5, 0.6) is 5.75 Å². The summed E-state index contributed by atoms with van der Waals surface area (Å²) in [5.41, 5.74) is 2.85. The Morgan fingerprint density at radius 3 is 2.03 bits per heavy atom. The maximum atomic E-state index is 12.8. The van der Waals surface area contributed by atoms with Crippen LogP contribution in [0.1, 0.15) is 10.4 Å². The number of phenolic OH excluding ortho intramolecular Hbond substituents is 1. The highest BCUT2D eigenvalue weighted by Crippen LogP contribution is 2.22. The van der Waals surface area contributed by atoms with Crippen molar-refractivity contribution in [3.8, 4) is 5.75 Å². The molecule has 3 aromatic rings. The number of hydrogen-bond acceptors (Lipinski definition) is 4. The number of amides is 3. The topological polar surface area (TPSA) is 84.9 Å². The van der Waals surface area contributed by atoms with Gasteiger partial charge in [-0.1, -0.05) is 24.3 Å². The van der Waals surface area contributed by atoms with Crippen LogP contribution in [-0.2, 0) is 0 Å². The highest BCUT2D eigenvalue weighted by Gasteiger charge is 2.22. The molecule has 3 N–H and O–H groups in total. The van der Waals surface area contributed by atoms with E-state index in [0.29, 0.717) is 43.1 Å². The summed E-state index contributed by atoms with van der Waals surface area (Å²) in [5.74, 6) is 0.206. The van der Waals surface area contributed by atoms with Crippen LogP contribution < -0.4 is 15.5 Å². The van der Waals surface area contributed by atoms with Crippen molar-refractivity contribution < 1.29 is 14.7 Å². The number of phenols is 1. The molecular formula is C24H24N4O3. The van der Waals surface area contributed by atoms with Gasteiger partial charge in [-0.2, -0.15) is 0 Å². The Labute approximate surface area is 180 Å². The number of piperazine rings is 1. The summed E-state index contributed by atoms with van der Waals surface area (Å²) in [6.45, 7) is 2.62. The number of carbonyl (C=O) groups excluding carboxylic acids is 2. The minimum absolute atomic E-state index is 0.0316. The number of para-hydroxylation sites is 1. The lowest BCUT2D eigenvalue weighted by Crippen LogP contribution is -2.48. The Hall–Kier alpha value is -4.00. The van der Waals surface area contributed by atoms with E-state index in [9.17, 15) is 14.7 Å². The van der Waals surface area contributed by atoms with Crippen molar-refractivity contribution in [2.24, 2.45) is 0 Å². The molecule has 3 amide bonds. The third-order valence-corrected chi connectivity index (χ3v) is 5.18. The number of aromatic hydroxyl groups is 1. The van der Waals surface area contributed by atoms with E-state index in [1.807, 2.05) is 47.4 Å². The van der Waals surface area contributed by atoms with Crippen LogP contribution in [0.3, 0.4) is 0 Å². The maximum Gasteiger partial charge on any atom is 0.323 e. The largest absolute Gasteiger partial charge is 0.508 e. The number of carbonyl (C=O) groups is 2. The monoisotopic (exact) mass is 416 g/mol. The van der Waals surface area contributed by atoms with E-state index in [1.54, 1.807) is 36.4 Å². The molecule has 4 rings (SSSR count). The van der Waals surface area contributed by atoms with Crippen LogP contribution in [0.15, 0.2) is 78.9 Å². The van der Waals surface area contributed by atoms with Crippen molar-refractivity contribution in [1.82, 2.24) is 4.90 Å². The van der Waals surface area contributed by atoms with Crippen molar-refractivity contribution in [3.63, 3.8) is 0 Å². The van der Waals surface area contributed by atoms with E-state index in [2.05, 4.69) is 15.5 Å². The highest BCUT2D eigenvalue weighted by atomic mass is 16.3. The van der Waals surface area contributed by atoms with Gasteiger partial charge in [0.05, 0.1) is 0 Å². The van der Waals surface area contributed by atoms with Gasteiger partial charge in [0.25, 0.3) is 5.91 Å². The quantitative estimate of drug-likeness (QED) is 0.600. The van der Waals surface area contributed by atoms with Crippen molar-refractivity contribution in [2.45, 2.75) is 0 Å². The molecule has 0 unspecified atom stereocenters. The Morgan fingerprint density at radius 1 is 0.742 bits per heavy atom. The first-order chi connectivity index (χ1) is 15.1. The van der Waals surface area contributed by atoms with Crippen LogP contribution in [-0.4, -0.2) is 48.1 Å². The van der Waals surface area contributed by atoms with Crippen molar-refractivity contribution >= 4 is 29.0 Å². The summed E-state index contributed by atoms with van der Waals surface area (Å²) < 4.78 is 0. The number of rotatable bonds is 4. The summed E-state index contributed by atoms with van der Waals surface area (Å²) in [7, 11) is 0. The first-order valence-corrected chi connectivity index (χ1v) is 10.1. The fraction of sp³-hybridized carbons (Fsp3) is 0.167. The molecule has 1 heterocycles. The molecule has 7 nitrogen and oxygen atoms in total. The van der Waals surface area contributed by atoms with E-state index in [0.717, 1.165) is 5.69 Å². The number of hydrogen-bond donors (Lipinski definition) is 3. The zero-order chi connectivity index (χ0) is 21.6. The van der Waals surface area contributed by atoms with Crippen LogP contribution in [0.2, 0.25) is 0 Å². The molecule has 1 aliphatic heterocycles. The molecule has 0 spiro atoms. The smallest absolute Gasteiger partial charge is 0.323 e. The van der Waals surface area contributed by atoms with Gasteiger partial charge in [-0.05, 0) is 48.5 Å². The Bertz CT molecular complexity index is 1050. The lowest BCUT2D eigenvalue weighted by Gasteiger charge is -2.36. The minimum Gasteiger partial charge on any atom is -0.508 e. The van der Waals surface area contributed by atoms with Crippen molar-refractivity contribution in [3.05, 3.63) is 84.4 Å². The second-order valence-corrected chi connectivity index (χ2v) is 7.32. The maximum absolute atomic E-state index is 12.8. The normalized spacial score (nSPS) is 13.5. The molecule has 0 aliphatic carbocycles. The average molecular weight is 416 g/mol. The molecule has 1 aliphatic rings. The van der Waals surface area contributed by atoms with E-state index in [-0.39, 0.29) is 17.7 Å². The zero-order valence-electron chi connectivity index (χ0n) is 17.0. The van der Waals surface area contributed by atoms with Gasteiger partial charge in [-0.3, -0.25) is 4.79 Å². The standard InChI is InChI=1S/C24H24N4O3/c29-22-8-4-7-21(17-22)27-13-15-28(16-14-27)23(30)18-9-11-20(12-10-18)26-24(31)25-19-5-2-1-3-6-19/h1-12,17,29H,13-16H2,(H2,25,26,31). The van der Waals surface area contributed by atoms with E-state index >= 15 is 0 Å². The van der Waals surface area contributed by atoms with Crippen molar-refractivity contribution in [1.29, 1.82) is 0 Å². The predicted octanol–water partition coefficient (Wildman–Crippen LogP) is 4.00. The summed E-state index contributed by atoms with van der Waals surface area (Å²) in [5, 5.41) is 15.2.